The third kappa shape index (κ3) is 3.54. The lowest BCUT2D eigenvalue weighted by Crippen LogP contribution is -2.29. The standard InChI is InChI=1S/C18H18FN5O3/c19-12-1-2-15-13(8-12)14(10-25)22-16-3-5-24-18(23-16)11(9-21-24)7-17(26)20-4-6-27-15/h1-3,5,8-9,14,25H,4,6-7,10H2,(H,20,26)(H,22,23). The summed E-state index contributed by atoms with van der Waals surface area (Å²) in [6.45, 7) is 0.232. The summed E-state index contributed by atoms with van der Waals surface area (Å²) < 4.78 is 21.1. The molecule has 140 valence electrons. The van der Waals surface area contributed by atoms with Crippen molar-refractivity contribution >= 4 is 17.4 Å². The van der Waals surface area contributed by atoms with E-state index in [1.807, 2.05) is 0 Å². The van der Waals surface area contributed by atoms with Gasteiger partial charge in [0.2, 0.25) is 5.91 Å². The highest BCUT2D eigenvalue weighted by Crippen LogP contribution is 2.29. The van der Waals surface area contributed by atoms with E-state index in [1.54, 1.807) is 23.0 Å². The molecular weight excluding hydrogens is 353 g/mol. The van der Waals surface area contributed by atoms with Crippen LogP contribution in [0.25, 0.3) is 5.65 Å². The molecule has 0 saturated carbocycles. The largest absolute Gasteiger partial charge is 0.491 e. The lowest BCUT2D eigenvalue weighted by atomic mass is 10.1. The van der Waals surface area contributed by atoms with E-state index in [0.717, 1.165) is 0 Å². The number of carbonyl (C=O) groups is 1. The molecule has 1 aliphatic rings. The molecule has 3 N–H and O–H groups in total. The quantitative estimate of drug-likeness (QED) is 0.592. The van der Waals surface area contributed by atoms with Crippen molar-refractivity contribution in [2.45, 2.75) is 12.5 Å². The van der Waals surface area contributed by atoms with E-state index in [1.165, 1.54) is 18.2 Å². The van der Waals surface area contributed by atoms with Crippen LogP contribution in [0.3, 0.4) is 0 Å². The van der Waals surface area contributed by atoms with Gasteiger partial charge in [0.05, 0.1) is 31.8 Å². The molecule has 2 bridgehead atoms. The number of anilines is 1. The van der Waals surface area contributed by atoms with Crippen molar-refractivity contribution in [3.8, 4) is 5.75 Å². The molecule has 0 fully saturated rings. The van der Waals surface area contributed by atoms with Crippen molar-refractivity contribution in [2.75, 3.05) is 25.1 Å². The number of halogens is 1. The number of carbonyl (C=O) groups excluding carboxylic acids is 1. The van der Waals surface area contributed by atoms with E-state index in [4.69, 9.17) is 4.74 Å². The summed E-state index contributed by atoms with van der Waals surface area (Å²) in [6, 6.07) is 5.19. The third-order valence-corrected chi connectivity index (χ3v) is 4.33. The number of rotatable bonds is 1. The number of hydrogen-bond donors (Lipinski definition) is 3. The van der Waals surface area contributed by atoms with Crippen LogP contribution in [0.1, 0.15) is 17.2 Å². The zero-order chi connectivity index (χ0) is 18.8. The van der Waals surface area contributed by atoms with E-state index < -0.39 is 11.9 Å². The number of aromatic nitrogens is 3. The minimum Gasteiger partial charge on any atom is -0.491 e. The maximum absolute atomic E-state index is 13.8. The Morgan fingerprint density at radius 2 is 2.26 bits per heavy atom. The van der Waals surface area contributed by atoms with Gasteiger partial charge < -0.3 is 20.5 Å². The molecule has 0 spiro atoms. The van der Waals surface area contributed by atoms with E-state index in [2.05, 4.69) is 20.7 Å². The Morgan fingerprint density at radius 3 is 3.11 bits per heavy atom. The summed E-state index contributed by atoms with van der Waals surface area (Å²) in [5.41, 5.74) is 1.69. The molecule has 2 aromatic heterocycles. The molecule has 9 heteroatoms. The first kappa shape index (κ1) is 17.2. The van der Waals surface area contributed by atoms with Crippen LogP contribution >= 0.6 is 0 Å². The van der Waals surface area contributed by atoms with Gasteiger partial charge in [-0.3, -0.25) is 4.79 Å². The molecular formula is C18H18FN5O3. The predicted molar refractivity (Wildman–Crippen MR) is 95.0 cm³/mol. The molecule has 27 heavy (non-hydrogen) atoms. The highest BCUT2D eigenvalue weighted by molar-refractivity contribution is 5.80. The molecule has 8 nitrogen and oxygen atoms in total. The molecule has 3 heterocycles. The van der Waals surface area contributed by atoms with Crippen LogP contribution in [0, 0.1) is 5.82 Å². The van der Waals surface area contributed by atoms with Crippen LogP contribution in [0.15, 0.2) is 36.7 Å². The Labute approximate surface area is 154 Å². The Hall–Kier alpha value is -3.20. The van der Waals surface area contributed by atoms with Crippen molar-refractivity contribution in [1.29, 1.82) is 0 Å². The Balaban J connectivity index is 1.78. The zero-order valence-electron chi connectivity index (χ0n) is 14.4. The van der Waals surface area contributed by atoms with Gasteiger partial charge in [-0.25, -0.2) is 13.9 Å². The lowest BCUT2D eigenvalue weighted by Gasteiger charge is -2.21. The van der Waals surface area contributed by atoms with Gasteiger partial charge in [0.15, 0.2) is 5.65 Å². The second-order valence-corrected chi connectivity index (χ2v) is 6.19. The zero-order valence-corrected chi connectivity index (χ0v) is 14.4. The predicted octanol–water partition coefficient (Wildman–Crippen LogP) is 1.06. The number of ether oxygens (including phenoxy) is 1. The number of aliphatic hydroxyl groups excluding tert-OH is 1. The average Bonchev–Trinajstić information content (AvgIpc) is 3.06. The Morgan fingerprint density at radius 1 is 1.37 bits per heavy atom. The van der Waals surface area contributed by atoms with Crippen LogP contribution in [0.2, 0.25) is 0 Å². The van der Waals surface area contributed by atoms with E-state index in [0.29, 0.717) is 34.9 Å². The highest BCUT2D eigenvalue weighted by Gasteiger charge is 2.19. The highest BCUT2D eigenvalue weighted by atomic mass is 19.1. The number of amides is 1. The van der Waals surface area contributed by atoms with Crippen molar-refractivity contribution in [3.05, 3.63) is 53.6 Å². The first-order valence-corrected chi connectivity index (χ1v) is 8.53. The fourth-order valence-corrected chi connectivity index (χ4v) is 3.03. The van der Waals surface area contributed by atoms with Gasteiger partial charge in [0.1, 0.15) is 24.0 Å². The third-order valence-electron chi connectivity index (χ3n) is 4.33. The molecule has 1 aliphatic heterocycles. The minimum absolute atomic E-state index is 0.144. The van der Waals surface area contributed by atoms with E-state index in [-0.39, 0.29) is 25.5 Å². The second kappa shape index (κ2) is 7.20. The maximum Gasteiger partial charge on any atom is 0.224 e. The first-order chi connectivity index (χ1) is 13.1. The summed E-state index contributed by atoms with van der Waals surface area (Å²) in [5, 5.41) is 19.9. The monoisotopic (exact) mass is 371 g/mol. The van der Waals surface area contributed by atoms with Crippen molar-refractivity contribution in [3.63, 3.8) is 0 Å². The van der Waals surface area contributed by atoms with E-state index in [9.17, 15) is 14.3 Å². The molecule has 0 radical (unpaired) electrons. The molecule has 1 amide bonds. The van der Waals surface area contributed by atoms with Gasteiger partial charge >= 0.3 is 0 Å². The second-order valence-electron chi connectivity index (χ2n) is 6.19. The molecule has 1 unspecified atom stereocenters. The topological polar surface area (TPSA) is 101 Å². The number of fused-ring (bicyclic) bond motifs is 2. The molecule has 1 aromatic carbocycles. The Bertz CT molecular complexity index is 990. The van der Waals surface area contributed by atoms with Gasteiger partial charge in [-0.15, -0.1) is 0 Å². The molecule has 3 aromatic rings. The fourth-order valence-electron chi connectivity index (χ4n) is 3.03. The summed E-state index contributed by atoms with van der Waals surface area (Å²) in [4.78, 5) is 16.6. The number of benzene rings is 1. The van der Waals surface area contributed by atoms with Gasteiger partial charge in [-0.1, -0.05) is 0 Å². The van der Waals surface area contributed by atoms with Gasteiger partial charge in [0.25, 0.3) is 0 Å². The van der Waals surface area contributed by atoms with Crippen LogP contribution in [0.5, 0.6) is 5.75 Å². The smallest absolute Gasteiger partial charge is 0.224 e. The molecule has 1 atom stereocenters. The van der Waals surface area contributed by atoms with Gasteiger partial charge in [-0.2, -0.15) is 5.10 Å². The van der Waals surface area contributed by atoms with Crippen molar-refractivity contribution in [1.82, 2.24) is 19.9 Å². The minimum atomic E-state index is -0.616. The average molecular weight is 371 g/mol. The fraction of sp³-hybridized carbons (Fsp3) is 0.278. The van der Waals surface area contributed by atoms with Crippen LogP contribution < -0.4 is 15.4 Å². The normalized spacial score (nSPS) is 17.6. The van der Waals surface area contributed by atoms with Gasteiger partial charge in [0, 0.05) is 17.3 Å². The van der Waals surface area contributed by atoms with Crippen LogP contribution in [0.4, 0.5) is 10.2 Å². The Kier molecular flexibility index (Phi) is 4.59. The van der Waals surface area contributed by atoms with E-state index >= 15 is 0 Å². The summed E-state index contributed by atoms with van der Waals surface area (Å²) in [6.07, 6.45) is 3.45. The summed E-state index contributed by atoms with van der Waals surface area (Å²) in [5.74, 6) is 0.295. The number of aliphatic hydroxyl groups is 1. The summed E-state index contributed by atoms with van der Waals surface area (Å²) >= 11 is 0. The SMILES string of the molecule is O=C1Cc2cnn3ccc(nc23)NC(CO)c2cc(F)ccc2OCCN1. The number of hydrogen-bond acceptors (Lipinski definition) is 6. The van der Waals surface area contributed by atoms with Crippen molar-refractivity contribution < 1.29 is 19.0 Å². The molecule has 0 aliphatic carbocycles. The molecule has 0 saturated heterocycles. The maximum atomic E-state index is 13.8. The van der Waals surface area contributed by atoms with Gasteiger partial charge in [-0.05, 0) is 24.3 Å². The molecule has 4 rings (SSSR count). The first-order valence-electron chi connectivity index (χ1n) is 8.53. The van der Waals surface area contributed by atoms with Crippen molar-refractivity contribution in [2.24, 2.45) is 0 Å². The lowest BCUT2D eigenvalue weighted by molar-refractivity contribution is -0.120. The van der Waals surface area contributed by atoms with Crippen LogP contribution in [-0.4, -0.2) is 45.4 Å². The van der Waals surface area contributed by atoms with Crippen LogP contribution in [-0.2, 0) is 11.2 Å². The number of nitrogens with one attached hydrogen (secondary N) is 2. The number of nitrogens with zero attached hydrogens (tertiary/aromatic N) is 3. The summed E-state index contributed by atoms with van der Waals surface area (Å²) in [7, 11) is 0.